The molecule has 3 nitrogen and oxygen atoms in total. The first kappa shape index (κ1) is 10.7. The van der Waals surface area contributed by atoms with E-state index in [-0.39, 0.29) is 0 Å². The lowest BCUT2D eigenvalue weighted by Crippen LogP contribution is -1.87. The SMILES string of the molecule is Cc1nn2cccnc2c1-c1ccc(C2CC2)cc1. The maximum absolute atomic E-state index is 4.51. The van der Waals surface area contributed by atoms with Crippen LogP contribution in [0.15, 0.2) is 42.7 Å². The Bertz CT molecular complexity index is 736. The molecule has 3 aromatic rings. The molecule has 0 atom stereocenters. The first-order valence-electron chi connectivity index (χ1n) is 6.73. The molecule has 0 unspecified atom stereocenters. The smallest absolute Gasteiger partial charge is 0.163 e. The molecule has 1 fully saturated rings. The number of hydrogen-bond acceptors (Lipinski definition) is 2. The third kappa shape index (κ3) is 1.73. The number of hydrogen-bond donors (Lipinski definition) is 0. The fourth-order valence-electron chi connectivity index (χ4n) is 2.67. The van der Waals surface area contributed by atoms with Crippen molar-refractivity contribution in [2.24, 2.45) is 0 Å². The summed E-state index contributed by atoms with van der Waals surface area (Å²) in [6.07, 6.45) is 6.45. The van der Waals surface area contributed by atoms with Crippen molar-refractivity contribution >= 4 is 5.65 Å². The number of aromatic nitrogens is 3. The zero-order valence-electron chi connectivity index (χ0n) is 10.9. The van der Waals surface area contributed by atoms with Gasteiger partial charge in [0.25, 0.3) is 0 Å². The topological polar surface area (TPSA) is 30.2 Å². The highest BCUT2D eigenvalue weighted by Crippen LogP contribution is 2.40. The molecule has 4 rings (SSSR count). The highest BCUT2D eigenvalue weighted by Gasteiger charge is 2.23. The van der Waals surface area contributed by atoms with Crippen LogP contribution in [-0.2, 0) is 0 Å². The molecule has 3 heteroatoms. The second-order valence-electron chi connectivity index (χ2n) is 5.24. The van der Waals surface area contributed by atoms with Gasteiger partial charge in [0.2, 0.25) is 0 Å². The second kappa shape index (κ2) is 3.92. The van der Waals surface area contributed by atoms with E-state index in [2.05, 4.69) is 34.3 Å². The number of aryl methyl sites for hydroxylation is 1. The lowest BCUT2D eigenvalue weighted by atomic mass is 10.0. The Morgan fingerprint density at radius 3 is 2.68 bits per heavy atom. The lowest BCUT2D eigenvalue weighted by molar-refractivity contribution is 0.917. The Labute approximate surface area is 111 Å². The number of benzene rings is 1. The number of nitrogens with zero attached hydrogens (tertiary/aromatic N) is 3. The van der Waals surface area contributed by atoms with Gasteiger partial charge >= 0.3 is 0 Å². The van der Waals surface area contributed by atoms with Gasteiger partial charge in [-0.25, -0.2) is 9.50 Å². The minimum absolute atomic E-state index is 0.803. The first-order chi connectivity index (χ1) is 9.33. The largest absolute Gasteiger partial charge is 0.236 e. The summed E-state index contributed by atoms with van der Waals surface area (Å²) in [6, 6.07) is 10.8. The average molecular weight is 249 g/mol. The van der Waals surface area contributed by atoms with E-state index in [9.17, 15) is 0 Å². The Hall–Kier alpha value is -2.16. The minimum atomic E-state index is 0.803. The first-order valence-corrected chi connectivity index (χ1v) is 6.73. The van der Waals surface area contributed by atoms with Crippen molar-refractivity contribution in [1.29, 1.82) is 0 Å². The van der Waals surface area contributed by atoms with Crippen LogP contribution in [0.3, 0.4) is 0 Å². The molecule has 1 aliphatic rings. The zero-order chi connectivity index (χ0) is 12.8. The molecule has 0 amide bonds. The molecule has 0 saturated heterocycles. The molecule has 2 aromatic heterocycles. The van der Waals surface area contributed by atoms with Crippen LogP contribution in [-0.4, -0.2) is 14.6 Å². The summed E-state index contributed by atoms with van der Waals surface area (Å²) in [4.78, 5) is 4.45. The summed E-state index contributed by atoms with van der Waals surface area (Å²) in [5, 5.41) is 4.51. The molecule has 0 N–H and O–H groups in total. The quantitative estimate of drug-likeness (QED) is 0.695. The van der Waals surface area contributed by atoms with Gasteiger partial charge in [-0.15, -0.1) is 0 Å². The van der Waals surface area contributed by atoms with Gasteiger partial charge in [-0.05, 0) is 42.9 Å². The summed E-state index contributed by atoms with van der Waals surface area (Å²) in [6.45, 7) is 2.04. The summed E-state index contributed by atoms with van der Waals surface area (Å²) in [5.41, 5.74) is 5.77. The van der Waals surface area contributed by atoms with E-state index in [0.29, 0.717) is 0 Å². The summed E-state index contributed by atoms with van der Waals surface area (Å²) >= 11 is 0. The molecule has 0 radical (unpaired) electrons. The Morgan fingerprint density at radius 1 is 1.16 bits per heavy atom. The van der Waals surface area contributed by atoms with Crippen molar-refractivity contribution < 1.29 is 0 Å². The summed E-state index contributed by atoms with van der Waals surface area (Å²) < 4.78 is 1.85. The van der Waals surface area contributed by atoms with Crippen molar-refractivity contribution in [1.82, 2.24) is 14.6 Å². The monoisotopic (exact) mass is 249 g/mol. The van der Waals surface area contributed by atoms with Crippen molar-refractivity contribution in [3.8, 4) is 11.1 Å². The molecule has 94 valence electrons. The average Bonchev–Trinajstić information content (AvgIpc) is 3.22. The lowest BCUT2D eigenvalue weighted by Gasteiger charge is -2.02. The van der Waals surface area contributed by atoms with Gasteiger partial charge in [0.1, 0.15) is 0 Å². The van der Waals surface area contributed by atoms with Gasteiger partial charge < -0.3 is 0 Å². The Balaban J connectivity index is 1.86. The van der Waals surface area contributed by atoms with E-state index in [1.54, 1.807) is 0 Å². The number of fused-ring (bicyclic) bond motifs is 1. The van der Waals surface area contributed by atoms with Crippen molar-refractivity contribution in [2.45, 2.75) is 25.7 Å². The highest BCUT2D eigenvalue weighted by atomic mass is 15.2. The molecular weight excluding hydrogens is 234 g/mol. The van der Waals surface area contributed by atoms with E-state index in [4.69, 9.17) is 0 Å². The van der Waals surface area contributed by atoms with Gasteiger partial charge in [-0.2, -0.15) is 5.10 Å². The van der Waals surface area contributed by atoms with Crippen LogP contribution >= 0.6 is 0 Å². The molecule has 0 aliphatic heterocycles. The summed E-state index contributed by atoms with van der Waals surface area (Å²) in [7, 11) is 0. The number of rotatable bonds is 2. The van der Waals surface area contributed by atoms with Gasteiger partial charge in [0.15, 0.2) is 5.65 Å². The van der Waals surface area contributed by atoms with Crippen LogP contribution in [0.2, 0.25) is 0 Å². The van der Waals surface area contributed by atoms with E-state index in [0.717, 1.165) is 22.8 Å². The molecular formula is C16H15N3. The molecule has 1 aromatic carbocycles. The fourth-order valence-corrected chi connectivity index (χ4v) is 2.67. The van der Waals surface area contributed by atoms with Crippen molar-refractivity contribution in [3.63, 3.8) is 0 Å². The normalized spacial score (nSPS) is 15.0. The minimum Gasteiger partial charge on any atom is -0.236 e. The van der Waals surface area contributed by atoms with Crippen molar-refractivity contribution in [3.05, 3.63) is 54.0 Å². The van der Waals surface area contributed by atoms with Crippen LogP contribution in [0.5, 0.6) is 0 Å². The van der Waals surface area contributed by atoms with Gasteiger partial charge in [0.05, 0.1) is 5.69 Å². The molecule has 0 spiro atoms. The maximum Gasteiger partial charge on any atom is 0.163 e. The van der Waals surface area contributed by atoms with Gasteiger partial charge in [0, 0.05) is 18.0 Å². The highest BCUT2D eigenvalue weighted by molar-refractivity contribution is 5.79. The molecule has 1 saturated carbocycles. The summed E-state index contributed by atoms with van der Waals surface area (Å²) in [5.74, 6) is 0.803. The standard InChI is InChI=1S/C16H15N3/c1-11-15(16-17-9-2-10-19(16)18-11)14-7-5-13(6-8-14)12-3-4-12/h2,5-10,12H,3-4H2,1H3. The van der Waals surface area contributed by atoms with Gasteiger partial charge in [-0.1, -0.05) is 24.3 Å². The van der Waals surface area contributed by atoms with Gasteiger partial charge in [-0.3, -0.25) is 0 Å². The third-order valence-electron chi connectivity index (χ3n) is 3.82. The fraction of sp³-hybridized carbons (Fsp3) is 0.250. The van der Waals surface area contributed by atoms with E-state index in [1.807, 2.05) is 29.9 Å². The molecule has 1 aliphatic carbocycles. The predicted molar refractivity (Wildman–Crippen MR) is 75.1 cm³/mol. The van der Waals surface area contributed by atoms with Crippen molar-refractivity contribution in [2.75, 3.05) is 0 Å². The van der Waals surface area contributed by atoms with Crippen LogP contribution < -0.4 is 0 Å². The molecule has 19 heavy (non-hydrogen) atoms. The van der Waals surface area contributed by atoms with Crippen LogP contribution in [0.1, 0.15) is 30.0 Å². The second-order valence-corrected chi connectivity index (χ2v) is 5.24. The van der Waals surface area contributed by atoms with E-state index >= 15 is 0 Å². The molecule has 0 bridgehead atoms. The van der Waals surface area contributed by atoms with E-state index in [1.165, 1.54) is 24.0 Å². The molecule has 2 heterocycles. The van der Waals surface area contributed by atoms with Crippen LogP contribution in [0.25, 0.3) is 16.8 Å². The Kier molecular flexibility index (Phi) is 2.21. The van der Waals surface area contributed by atoms with Crippen LogP contribution in [0, 0.1) is 6.92 Å². The Morgan fingerprint density at radius 2 is 1.95 bits per heavy atom. The third-order valence-corrected chi connectivity index (χ3v) is 3.82. The predicted octanol–water partition coefficient (Wildman–Crippen LogP) is 3.58. The zero-order valence-corrected chi connectivity index (χ0v) is 10.9. The van der Waals surface area contributed by atoms with Crippen LogP contribution in [0.4, 0.5) is 0 Å². The van der Waals surface area contributed by atoms with E-state index < -0.39 is 0 Å². The maximum atomic E-state index is 4.51.